The number of benzene rings is 1. The van der Waals surface area contributed by atoms with Crippen molar-refractivity contribution in [3.63, 3.8) is 0 Å². The molecule has 4 bridgehead atoms. The minimum absolute atomic E-state index is 0.0511. The van der Waals surface area contributed by atoms with E-state index in [-0.39, 0.29) is 29.8 Å². The molecule has 4 aliphatic carbocycles. The molecule has 164 valence electrons. The first-order valence-corrected chi connectivity index (χ1v) is 12.6. The molecule has 4 saturated carbocycles. The SMILES string of the molecule is CCc1ccc(C(NC(=O)CNC(=O)C23CC4CC(CC(C4)C2)C3)c2cccs2)cc1. The summed E-state index contributed by atoms with van der Waals surface area (Å²) in [5, 5.41) is 8.20. The van der Waals surface area contributed by atoms with Crippen molar-refractivity contribution in [1.82, 2.24) is 10.6 Å². The van der Waals surface area contributed by atoms with Gasteiger partial charge in [0.2, 0.25) is 11.8 Å². The molecular formula is C26H32N2O2S. The lowest BCUT2D eigenvalue weighted by Crippen LogP contribution is -2.54. The molecule has 1 unspecified atom stereocenters. The summed E-state index contributed by atoms with van der Waals surface area (Å²) in [6.45, 7) is 2.19. The molecule has 6 rings (SSSR count). The van der Waals surface area contributed by atoms with Gasteiger partial charge in [-0.1, -0.05) is 37.3 Å². The Kier molecular flexibility index (Phi) is 5.63. The topological polar surface area (TPSA) is 58.2 Å². The fraction of sp³-hybridized carbons (Fsp3) is 0.538. The highest BCUT2D eigenvalue weighted by Crippen LogP contribution is 2.60. The van der Waals surface area contributed by atoms with Crippen molar-refractivity contribution in [1.29, 1.82) is 0 Å². The van der Waals surface area contributed by atoms with E-state index in [1.807, 2.05) is 11.4 Å². The van der Waals surface area contributed by atoms with Crippen LogP contribution in [0, 0.1) is 23.2 Å². The van der Waals surface area contributed by atoms with Crippen LogP contribution >= 0.6 is 11.3 Å². The van der Waals surface area contributed by atoms with E-state index in [1.54, 1.807) is 11.3 Å². The number of amides is 2. The third kappa shape index (κ3) is 4.17. The molecule has 1 heterocycles. The largest absolute Gasteiger partial charge is 0.347 e. The standard InChI is InChI=1S/C26H32N2O2S/c1-2-17-5-7-21(8-6-17)24(22-4-3-9-31-22)28-23(29)16-27-25(30)26-13-18-10-19(14-26)12-20(11-18)15-26/h3-9,18-20,24H,2,10-16H2,1H3,(H,27,30)(H,28,29). The first-order chi connectivity index (χ1) is 15.0. The van der Waals surface area contributed by atoms with E-state index >= 15 is 0 Å². The van der Waals surface area contributed by atoms with Gasteiger partial charge in [-0.3, -0.25) is 9.59 Å². The second-order valence-corrected chi connectivity index (χ2v) is 11.0. The van der Waals surface area contributed by atoms with Crippen molar-refractivity contribution < 1.29 is 9.59 Å². The minimum Gasteiger partial charge on any atom is -0.347 e. The van der Waals surface area contributed by atoms with Crippen LogP contribution in [0.25, 0.3) is 0 Å². The summed E-state index contributed by atoms with van der Waals surface area (Å²) in [5.41, 5.74) is 2.14. The second kappa shape index (κ2) is 8.42. The van der Waals surface area contributed by atoms with Crippen molar-refractivity contribution >= 4 is 23.2 Å². The normalized spacial score (nSPS) is 29.5. The Morgan fingerprint density at radius 2 is 1.68 bits per heavy atom. The Bertz CT molecular complexity index is 900. The third-order valence-electron chi connectivity index (χ3n) is 7.78. The van der Waals surface area contributed by atoms with E-state index in [0.29, 0.717) is 0 Å². The Morgan fingerprint density at radius 1 is 1.03 bits per heavy atom. The van der Waals surface area contributed by atoms with Crippen LogP contribution in [0.4, 0.5) is 0 Å². The molecule has 1 atom stereocenters. The number of carbonyl (C=O) groups is 2. The van der Waals surface area contributed by atoms with Crippen LogP contribution in [0.2, 0.25) is 0 Å². The lowest BCUT2D eigenvalue weighted by atomic mass is 9.49. The summed E-state index contributed by atoms with van der Waals surface area (Å²) in [4.78, 5) is 27.1. The number of carbonyl (C=O) groups excluding carboxylic acids is 2. The van der Waals surface area contributed by atoms with Crippen molar-refractivity contribution in [3.8, 4) is 0 Å². The predicted molar refractivity (Wildman–Crippen MR) is 124 cm³/mol. The van der Waals surface area contributed by atoms with E-state index in [2.05, 4.69) is 47.9 Å². The van der Waals surface area contributed by atoms with Crippen molar-refractivity contribution in [3.05, 3.63) is 57.8 Å². The average Bonchev–Trinajstić information content (AvgIpc) is 3.29. The highest BCUT2D eigenvalue weighted by Gasteiger charge is 2.54. The highest BCUT2D eigenvalue weighted by molar-refractivity contribution is 7.10. The van der Waals surface area contributed by atoms with Crippen LogP contribution in [0.5, 0.6) is 0 Å². The lowest BCUT2D eigenvalue weighted by Gasteiger charge is -2.55. The van der Waals surface area contributed by atoms with Gasteiger partial charge in [0.15, 0.2) is 0 Å². The number of hydrogen-bond donors (Lipinski definition) is 2. The molecule has 0 aliphatic heterocycles. The number of hydrogen-bond acceptors (Lipinski definition) is 3. The molecule has 2 aromatic rings. The number of aryl methyl sites for hydroxylation is 1. The predicted octanol–water partition coefficient (Wildman–Crippen LogP) is 4.85. The lowest BCUT2D eigenvalue weighted by molar-refractivity contribution is -0.147. The van der Waals surface area contributed by atoms with Gasteiger partial charge in [-0.05, 0) is 85.3 Å². The quantitative estimate of drug-likeness (QED) is 0.652. The Hall–Kier alpha value is -2.14. The van der Waals surface area contributed by atoms with Crippen molar-refractivity contribution in [2.45, 2.75) is 57.9 Å². The maximum atomic E-state index is 13.2. The summed E-state index contributed by atoms with van der Waals surface area (Å²) >= 11 is 1.64. The molecule has 4 aliphatic rings. The number of thiophene rings is 1. The molecule has 1 aromatic carbocycles. The summed E-state index contributed by atoms with van der Waals surface area (Å²) < 4.78 is 0. The molecule has 4 fully saturated rings. The molecule has 31 heavy (non-hydrogen) atoms. The second-order valence-electron chi connectivity index (χ2n) is 9.99. The number of nitrogens with one attached hydrogen (secondary N) is 2. The molecule has 2 amide bonds. The van der Waals surface area contributed by atoms with E-state index in [9.17, 15) is 9.59 Å². The van der Waals surface area contributed by atoms with Crippen LogP contribution < -0.4 is 10.6 Å². The maximum Gasteiger partial charge on any atom is 0.240 e. The van der Waals surface area contributed by atoms with Crippen LogP contribution in [0.15, 0.2) is 41.8 Å². The molecule has 1 aromatic heterocycles. The van der Waals surface area contributed by atoms with Crippen molar-refractivity contribution in [2.75, 3.05) is 6.54 Å². The highest BCUT2D eigenvalue weighted by atomic mass is 32.1. The van der Waals surface area contributed by atoms with E-state index in [4.69, 9.17) is 0 Å². The summed E-state index contributed by atoms with van der Waals surface area (Å²) in [6, 6.07) is 12.3. The average molecular weight is 437 g/mol. The molecule has 0 spiro atoms. The number of rotatable bonds is 7. The molecule has 5 heteroatoms. The summed E-state index contributed by atoms with van der Waals surface area (Å²) in [7, 11) is 0. The molecule has 0 saturated heterocycles. The summed E-state index contributed by atoms with van der Waals surface area (Å²) in [5.74, 6) is 2.15. The van der Waals surface area contributed by atoms with Crippen LogP contribution in [-0.2, 0) is 16.0 Å². The van der Waals surface area contributed by atoms with Crippen molar-refractivity contribution in [2.24, 2.45) is 23.2 Å². The summed E-state index contributed by atoms with van der Waals surface area (Å²) in [6.07, 6.45) is 7.99. The smallest absolute Gasteiger partial charge is 0.240 e. The minimum atomic E-state index is -0.210. The van der Waals surface area contributed by atoms with E-state index in [0.717, 1.165) is 53.9 Å². The van der Waals surface area contributed by atoms with Gasteiger partial charge in [0, 0.05) is 10.3 Å². The maximum absolute atomic E-state index is 13.2. The Morgan fingerprint density at radius 3 is 2.23 bits per heavy atom. The first kappa shape index (κ1) is 20.7. The van der Waals surface area contributed by atoms with Gasteiger partial charge in [-0.2, -0.15) is 0 Å². The molecule has 2 N–H and O–H groups in total. The van der Waals surface area contributed by atoms with Crippen LogP contribution in [0.3, 0.4) is 0 Å². The van der Waals surface area contributed by atoms with Gasteiger partial charge in [-0.15, -0.1) is 11.3 Å². The van der Waals surface area contributed by atoms with Gasteiger partial charge < -0.3 is 10.6 Å². The van der Waals surface area contributed by atoms with Gasteiger partial charge in [0.1, 0.15) is 0 Å². The first-order valence-electron chi connectivity index (χ1n) is 11.7. The fourth-order valence-electron chi connectivity index (χ4n) is 6.67. The van der Waals surface area contributed by atoms with E-state index in [1.165, 1.54) is 24.8 Å². The van der Waals surface area contributed by atoms with Gasteiger partial charge in [0.25, 0.3) is 0 Å². The zero-order valence-electron chi connectivity index (χ0n) is 18.2. The third-order valence-corrected chi connectivity index (χ3v) is 8.72. The monoisotopic (exact) mass is 436 g/mol. The van der Waals surface area contributed by atoms with Gasteiger partial charge in [0.05, 0.1) is 12.6 Å². The Labute approximate surface area is 188 Å². The zero-order chi connectivity index (χ0) is 21.4. The van der Waals surface area contributed by atoms with Gasteiger partial charge >= 0.3 is 0 Å². The van der Waals surface area contributed by atoms with Crippen LogP contribution in [-0.4, -0.2) is 18.4 Å². The zero-order valence-corrected chi connectivity index (χ0v) is 19.0. The fourth-order valence-corrected chi connectivity index (χ4v) is 7.47. The van der Waals surface area contributed by atoms with Crippen LogP contribution in [0.1, 0.15) is 67.5 Å². The molecule has 4 nitrogen and oxygen atoms in total. The van der Waals surface area contributed by atoms with Gasteiger partial charge in [-0.25, -0.2) is 0 Å². The Balaban J connectivity index is 1.23. The molecule has 0 radical (unpaired) electrons. The molecular weight excluding hydrogens is 404 g/mol. The van der Waals surface area contributed by atoms with E-state index < -0.39 is 0 Å².